The summed E-state index contributed by atoms with van der Waals surface area (Å²) in [5.74, 6) is 0. The van der Waals surface area contributed by atoms with Crippen LogP contribution in [0.4, 0.5) is 0 Å². The molecule has 0 heterocycles. The van der Waals surface area contributed by atoms with Crippen molar-refractivity contribution in [3.05, 3.63) is 12.7 Å². The fourth-order valence-corrected chi connectivity index (χ4v) is 0.746. The van der Waals surface area contributed by atoms with Gasteiger partial charge in [0.05, 0.1) is 25.9 Å². The number of rotatable bonds is 9. The van der Waals surface area contributed by atoms with Gasteiger partial charge in [0.25, 0.3) is 0 Å². The Hall–Kier alpha value is -0.420. The first-order valence-corrected chi connectivity index (χ1v) is 4.49. The standard InChI is InChI=1S/C9H19NO3/c1-2-3-5-13-6-4-10-7-9(12)8-11/h2,9-12H,1,3-8H2. The Morgan fingerprint density at radius 2 is 2.23 bits per heavy atom. The lowest BCUT2D eigenvalue weighted by Crippen LogP contribution is -2.31. The van der Waals surface area contributed by atoms with Crippen molar-refractivity contribution in [1.29, 1.82) is 0 Å². The average molecular weight is 189 g/mol. The highest BCUT2D eigenvalue weighted by atomic mass is 16.5. The average Bonchev–Trinajstić information content (AvgIpc) is 2.16. The molecule has 0 amide bonds. The van der Waals surface area contributed by atoms with Gasteiger partial charge in [-0.05, 0) is 6.42 Å². The molecule has 78 valence electrons. The fourth-order valence-electron chi connectivity index (χ4n) is 0.746. The maximum atomic E-state index is 8.93. The normalized spacial score (nSPS) is 12.8. The molecule has 0 aromatic heterocycles. The van der Waals surface area contributed by atoms with E-state index in [-0.39, 0.29) is 6.61 Å². The Bertz CT molecular complexity index is 119. The zero-order valence-electron chi connectivity index (χ0n) is 7.91. The van der Waals surface area contributed by atoms with Crippen LogP contribution in [0.1, 0.15) is 6.42 Å². The summed E-state index contributed by atoms with van der Waals surface area (Å²) in [4.78, 5) is 0. The molecule has 1 unspecified atom stereocenters. The summed E-state index contributed by atoms with van der Waals surface area (Å²) in [5.41, 5.74) is 0. The van der Waals surface area contributed by atoms with Gasteiger partial charge < -0.3 is 20.3 Å². The van der Waals surface area contributed by atoms with Gasteiger partial charge in [-0.1, -0.05) is 6.08 Å². The van der Waals surface area contributed by atoms with Crippen molar-refractivity contribution < 1.29 is 14.9 Å². The van der Waals surface area contributed by atoms with Crippen molar-refractivity contribution in [3.63, 3.8) is 0 Å². The Labute approximate surface area is 79.2 Å². The first kappa shape index (κ1) is 12.6. The third kappa shape index (κ3) is 9.49. The van der Waals surface area contributed by atoms with Gasteiger partial charge in [-0.3, -0.25) is 0 Å². The molecule has 0 radical (unpaired) electrons. The second kappa shape index (κ2) is 9.67. The fraction of sp³-hybridized carbons (Fsp3) is 0.778. The summed E-state index contributed by atoms with van der Waals surface area (Å²) in [6.45, 7) is 5.77. The lowest BCUT2D eigenvalue weighted by atomic mass is 10.4. The minimum atomic E-state index is -0.673. The predicted molar refractivity (Wildman–Crippen MR) is 51.6 cm³/mol. The van der Waals surface area contributed by atoms with E-state index in [0.717, 1.165) is 6.42 Å². The maximum Gasteiger partial charge on any atom is 0.0894 e. The van der Waals surface area contributed by atoms with Gasteiger partial charge in [0.1, 0.15) is 0 Å². The van der Waals surface area contributed by atoms with E-state index in [1.165, 1.54) is 0 Å². The molecule has 0 rings (SSSR count). The lowest BCUT2D eigenvalue weighted by Gasteiger charge is -2.08. The molecule has 0 saturated heterocycles. The van der Waals surface area contributed by atoms with Gasteiger partial charge in [0.15, 0.2) is 0 Å². The Morgan fingerprint density at radius 3 is 2.85 bits per heavy atom. The molecule has 4 nitrogen and oxygen atoms in total. The van der Waals surface area contributed by atoms with Crippen LogP contribution < -0.4 is 5.32 Å². The highest BCUT2D eigenvalue weighted by Gasteiger charge is 1.98. The van der Waals surface area contributed by atoms with E-state index >= 15 is 0 Å². The van der Waals surface area contributed by atoms with E-state index in [1.54, 1.807) is 0 Å². The van der Waals surface area contributed by atoms with Crippen molar-refractivity contribution in [3.8, 4) is 0 Å². The van der Waals surface area contributed by atoms with E-state index < -0.39 is 6.10 Å². The lowest BCUT2D eigenvalue weighted by molar-refractivity contribution is 0.0893. The molecular formula is C9H19NO3. The van der Waals surface area contributed by atoms with Crippen LogP contribution in [-0.4, -0.2) is 49.2 Å². The van der Waals surface area contributed by atoms with Crippen molar-refractivity contribution in [2.24, 2.45) is 0 Å². The molecule has 4 heteroatoms. The molecule has 0 aromatic carbocycles. The highest BCUT2D eigenvalue weighted by molar-refractivity contribution is 4.64. The minimum Gasteiger partial charge on any atom is -0.394 e. The monoisotopic (exact) mass is 189 g/mol. The molecule has 0 fully saturated rings. The van der Waals surface area contributed by atoms with Crippen molar-refractivity contribution in [2.45, 2.75) is 12.5 Å². The first-order chi connectivity index (χ1) is 6.31. The summed E-state index contributed by atoms with van der Waals surface area (Å²) in [7, 11) is 0. The van der Waals surface area contributed by atoms with E-state index in [0.29, 0.717) is 26.3 Å². The second-order valence-corrected chi connectivity index (χ2v) is 2.73. The molecular weight excluding hydrogens is 170 g/mol. The Balaban J connectivity index is 2.95. The zero-order valence-corrected chi connectivity index (χ0v) is 7.91. The molecule has 0 bridgehead atoms. The van der Waals surface area contributed by atoms with Gasteiger partial charge >= 0.3 is 0 Å². The van der Waals surface area contributed by atoms with E-state index in [9.17, 15) is 0 Å². The first-order valence-electron chi connectivity index (χ1n) is 4.49. The summed E-state index contributed by atoms with van der Waals surface area (Å²) < 4.78 is 5.21. The van der Waals surface area contributed by atoms with E-state index in [1.807, 2.05) is 6.08 Å². The van der Waals surface area contributed by atoms with Crippen LogP contribution in [0.3, 0.4) is 0 Å². The predicted octanol–water partition coefficient (Wildman–Crippen LogP) is -0.478. The van der Waals surface area contributed by atoms with Crippen LogP contribution >= 0.6 is 0 Å². The van der Waals surface area contributed by atoms with E-state index in [4.69, 9.17) is 14.9 Å². The van der Waals surface area contributed by atoms with Crippen molar-refractivity contribution in [2.75, 3.05) is 32.9 Å². The number of aliphatic hydroxyl groups is 2. The maximum absolute atomic E-state index is 8.93. The molecule has 0 saturated carbocycles. The smallest absolute Gasteiger partial charge is 0.0894 e. The largest absolute Gasteiger partial charge is 0.394 e. The topological polar surface area (TPSA) is 61.7 Å². The van der Waals surface area contributed by atoms with Gasteiger partial charge in [0.2, 0.25) is 0 Å². The Kier molecular flexibility index (Phi) is 9.35. The van der Waals surface area contributed by atoms with E-state index in [2.05, 4.69) is 11.9 Å². The number of ether oxygens (including phenoxy) is 1. The third-order valence-electron chi connectivity index (χ3n) is 1.48. The molecule has 0 aliphatic rings. The molecule has 13 heavy (non-hydrogen) atoms. The van der Waals surface area contributed by atoms with Crippen LogP contribution in [0.25, 0.3) is 0 Å². The molecule has 0 aliphatic carbocycles. The van der Waals surface area contributed by atoms with Gasteiger partial charge in [-0.25, -0.2) is 0 Å². The van der Waals surface area contributed by atoms with Gasteiger partial charge in [0, 0.05) is 13.1 Å². The molecule has 1 atom stereocenters. The third-order valence-corrected chi connectivity index (χ3v) is 1.48. The zero-order chi connectivity index (χ0) is 9.94. The number of hydrogen-bond acceptors (Lipinski definition) is 4. The number of aliphatic hydroxyl groups excluding tert-OH is 2. The van der Waals surface area contributed by atoms with Crippen LogP contribution in [0, 0.1) is 0 Å². The summed E-state index contributed by atoms with van der Waals surface area (Å²) in [6.07, 6.45) is 2.00. The highest BCUT2D eigenvalue weighted by Crippen LogP contribution is 1.82. The second-order valence-electron chi connectivity index (χ2n) is 2.73. The quantitative estimate of drug-likeness (QED) is 0.339. The summed E-state index contributed by atoms with van der Waals surface area (Å²) in [5, 5.41) is 20.4. The molecule has 0 aromatic rings. The number of hydrogen-bond donors (Lipinski definition) is 3. The molecule has 0 aliphatic heterocycles. The van der Waals surface area contributed by atoms with Crippen LogP contribution in [0.15, 0.2) is 12.7 Å². The van der Waals surface area contributed by atoms with Crippen molar-refractivity contribution >= 4 is 0 Å². The van der Waals surface area contributed by atoms with Crippen molar-refractivity contribution in [1.82, 2.24) is 5.32 Å². The minimum absolute atomic E-state index is 0.204. The van der Waals surface area contributed by atoms with Gasteiger partial charge in [-0.2, -0.15) is 0 Å². The van der Waals surface area contributed by atoms with Gasteiger partial charge in [-0.15, -0.1) is 6.58 Å². The van der Waals surface area contributed by atoms with Crippen LogP contribution in [-0.2, 0) is 4.74 Å². The number of nitrogens with one attached hydrogen (secondary N) is 1. The molecule has 3 N–H and O–H groups in total. The van der Waals surface area contributed by atoms with Crippen LogP contribution in [0.5, 0.6) is 0 Å². The molecule has 0 spiro atoms. The Morgan fingerprint density at radius 1 is 1.46 bits per heavy atom. The summed E-state index contributed by atoms with van der Waals surface area (Å²) >= 11 is 0. The SMILES string of the molecule is C=CCCOCCNCC(O)CO. The summed E-state index contributed by atoms with van der Waals surface area (Å²) in [6, 6.07) is 0. The van der Waals surface area contributed by atoms with Crippen LogP contribution in [0.2, 0.25) is 0 Å².